The topological polar surface area (TPSA) is 29.4 Å². The number of halogens is 1. The quantitative estimate of drug-likeness (QED) is 0.474. The summed E-state index contributed by atoms with van der Waals surface area (Å²) in [6.07, 6.45) is 2.16. The lowest BCUT2D eigenvalue weighted by atomic mass is 10.4. The smallest absolute Gasteiger partial charge is 0.120 e. The van der Waals surface area contributed by atoms with Crippen molar-refractivity contribution in [1.82, 2.24) is 0 Å². The van der Waals surface area contributed by atoms with E-state index in [2.05, 4.69) is 20.9 Å². The monoisotopic (exact) mass is 177 g/mol. The van der Waals surface area contributed by atoms with Gasteiger partial charge in [0.1, 0.15) is 6.29 Å². The number of nitrogens with zero attached hydrogens (tertiary/aromatic N) is 1. The van der Waals surface area contributed by atoms with E-state index in [0.29, 0.717) is 6.42 Å². The van der Waals surface area contributed by atoms with Gasteiger partial charge in [0.25, 0.3) is 0 Å². The molecule has 0 amide bonds. The Hall–Kier alpha value is -0.180. The molecule has 0 aliphatic rings. The van der Waals surface area contributed by atoms with E-state index in [-0.39, 0.29) is 0 Å². The van der Waals surface area contributed by atoms with E-state index in [1.807, 2.05) is 0 Å². The zero-order valence-electron chi connectivity index (χ0n) is 4.72. The Morgan fingerprint density at radius 2 is 2.50 bits per heavy atom. The van der Waals surface area contributed by atoms with Gasteiger partial charge in [0.05, 0.1) is 4.62 Å². The second kappa shape index (κ2) is 4.97. The number of aliphatic imine (C=N–C) groups is 1. The third-order valence-electron chi connectivity index (χ3n) is 0.711. The number of carbonyl (C=O) groups excluding carboxylic acids is 1. The Morgan fingerprint density at radius 1 is 1.88 bits per heavy atom. The highest BCUT2D eigenvalue weighted by Crippen LogP contribution is 1.96. The van der Waals surface area contributed by atoms with Crippen LogP contribution in [0.3, 0.4) is 0 Å². The van der Waals surface area contributed by atoms with E-state index < -0.39 is 0 Å². The SMILES string of the molecule is CN=C(Br)CCC=O. The van der Waals surface area contributed by atoms with Crippen molar-refractivity contribution >= 4 is 26.8 Å². The molecule has 3 heteroatoms. The summed E-state index contributed by atoms with van der Waals surface area (Å²) in [5, 5.41) is 0. The van der Waals surface area contributed by atoms with Crippen molar-refractivity contribution in [3.8, 4) is 0 Å². The molecule has 0 aromatic carbocycles. The summed E-state index contributed by atoms with van der Waals surface area (Å²) < 4.78 is 0.851. The molecular formula is C5H8BrNO. The third-order valence-corrected chi connectivity index (χ3v) is 1.46. The molecule has 0 saturated carbocycles. The minimum Gasteiger partial charge on any atom is -0.303 e. The largest absolute Gasteiger partial charge is 0.303 e. The van der Waals surface area contributed by atoms with E-state index in [4.69, 9.17) is 0 Å². The van der Waals surface area contributed by atoms with Gasteiger partial charge in [0.15, 0.2) is 0 Å². The van der Waals surface area contributed by atoms with Crippen LogP contribution in [-0.2, 0) is 4.79 Å². The van der Waals surface area contributed by atoms with Crippen molar-refractivity contribution < 1.29 is 4.79 Å². The number of aldehydes is 1. The predicted octanol–water partition coefficient (Wildman–Crippen LogP) is 1.39. The van der Waals surface area contributed by atoms with Gasteiger partial charge in [0.2, 0.25) is 0 Å². The summed E-state index contributed by atoms with van der Waals surface area (Å²) in [6, 6.07) is 0. The number of carbonyl (C=O) groups is 1. The van der Waals surface area contributed by atoms with Gasteiger partial charge < -0.3 is 4.79 Å². The molecule has 0 rings (SSSR count). The first-order chi connectivity index (χ1) is 3.81. The first-order valence-corrected chi connectivity index (χ1v) is 3.15. The fraction of sp³-hybridized carbons (Fsp3) is 0.600. The summed E-state index contributed by atoms with van der Waals surface area (Å²) in [4.78, 5) is 13.5. The summed E-state index contributed by atoms with van der Waals surface area (Å²) >= 11 is 3.17. The molecule has 0 saturated heterocycles. The molecule has 0 atom stereocenters. The van der Waals surface area contributed by atoms with E-state index in [9.17, 15) is 4.79 Å². The molecule has 0 aliphatic carbocycles. The Balaban J connectivity index is 3.24. The van der Waals surface area contributed by atoms with Gasteiger partial charge in [-0.2, -0.15) is 0 Å². The highest BCUT2D eigenvalue weighted by atomic mass is 79.9. The molecule has 0 radical (unpaired) electrons. The van der Waals surface area contributed by atoms with Gasteiger partial charge in [0, 0.05) is 19.9 Å². The average molecular weight is 178 g/mol. The standard InChI is InChI=1S/C5H8BrNO/c1-7-5(6)3-2-4-8/h4H,2-3H2,1H3. The van der Waals surface area contributed by atoms with Crippen LogP contribution in [0.15, 0.2) is 4.99 Å². The molecule has 0 unspecified atom stereocenters. The van der Waals surface area contributed by atoms with Crippen LogP contribution < -0.4 is 0 Å². The summed E-state index contributed by atoms with van der Waals surface area (Å²) in [5.74, 6) is 0. The van der Waals surface area contributed by atoms with Gasteiger partial charge in [-0.1, -0.05) is 0 Å². The van der Waals surface area contributed by atoms with Gasteiger partial charge >= 0.3 is 0 Å². The van der Waals surface area contributed by atoms with Gasteiger partial charge in [-0.25, -0.2) is 0 Å². The molecule has 2 nitrogen and oxygen atoms in total. The van der Waals surface area contributed by atoms with Gasteiger partial charge in [-0.15, -0.1) is 0 Å². The van der Waals surface area contributed by atoms with Crippen molar-refractivity contribution in [2.75, 3.05) is 7.05 Å². The van der Waals surface area contributed by atoms with Crippen molar-refractivity contribution in [3.63, 3.8) is 0 Å². The molecule has 0 aromatic heterocycles. The third kappa shape index (κ3) is 3.99. The minimum atomic E-state index is 0.553. The van der Waals surface area contributed by atoms with Crippen LogP contribution in [0.5, 0.6) is 0 Å². The highest BCUT2D eigenvalue weighted by molar-refractivity contribution is 9.18. The van der Waals surface area contributed by atoms with Crippen LogP contribution in [-0.4, -0.2) is 18.0 Å². The Labute approximate surface area is 57.1 Å². The van der Waals surface area contributed by atoms with Gasteiger partial charge in [-0.3, -0.25) is 4.99 Å². The van der Waals surface area contributed by atoms with E-state index in [0.717, 1.165) is 17.3 Å². The lowest BCUT2D eigenvalue weighted by Crippen LogP contribution is -1.85. The molecule has 0 aliphatic heterocycles. The van der Waals surface area contributed by atoms with E-state index in [1.54, 1.807) is 7.05 Å². The molecule has 0 aromatic rings. The number of hydrogen-bond donors (Lipinski definition) is 0. The van der Waals surface area contributed by atoms with Crippen LogP contribution in [0.25, 0.3) is 0 Å². The zero-order chi connectivity index (χ0) is 6.41. The Kier molecular flexibility index (Phi) is 4.85. The highest BCUT2D eigenvalue weighted by Gasteiger charge is 1.88. The molecule has 46 valence electrons. The lowest BCUT2D eigenvalue weighted by Gasteiger charge is -1.86. The fourth-order valence-electron chi connectivity index (χ4n) is 0.290. The summed E-state index contributed by atoms with van der Waals surface area (Å²) in [5.41, 5.74) is 0. The van der Waals surface area contributed by atoms with Crippen LogP contribution in [0, 0.1) is 0 Å². The fourth-order valence-corrected chi connectivity index (χ4v) is 0.519. The summed E-state index contributed by atoms with van der Waals surface area (Å²) in [7, 11) is 1.69. The second-order valence-electron chi connectivity index (χ2n) is 1.31. The normalized spacial score (nSPS) is 11.5. The van der Waals surface area contributed by atoms with E-state index in [1.165, 1.54) is 0 Å². The van der Waals surface area contributed by atoms with Crippen LogP contribution in [0.4, 0.5) is 0 Å². The molecule has 0 N–H and O–H groups in total. The first kappa shape index (κ1) is 7.82. The van der Waals surface area contributed by atoms with Crippen molar-refractivity contribution in [2.45, 2.75) is 12.8 Å². The van der Waals surface area contributed by atoms with Crippen molar-refractivity contribution in [2.24, 2.45) is 4.99 Å². The first-order valence-electron chi connectivity index (χ1n) is 2.36. The zero-order valence-corrected chi connectivity index (χ0v) is 6.31. The maximum absolute atomic E-state index is 9.75. The average Bonchev–Trinajstić information content (AvgIpc) is 1.83. The van der Waals surface area contributed by atoms with Crippen molar-refractivity contribution in [3.05, 3.63) is 0 Å². The molecule has 0 bridgehead atoms. The Bertz CT molecular complexity index is 101. The number of hydrogen-bond acceptors (Lipinski definition) is 2. The predicted molar refractivity (Wildman–Crippen MR) is 37.6 cm³/mol. The van der Waals surface area contributed by atoms with Crippen LogP contribution in [0.2, 0.25) is 0 Å². The molecule has 0 spiro atoms. The maximum Gasteiger partial charge on any atom is 0.120 e. The van der Waals surface area contributed by atoms with Crippen molar-refractivity contribution in [1.29, 1.82) is 0 Å². The van der Waals surface area contributed by atoms with Gasteiger partial charge in [-0.05, 0) is 15.9 Å². The molecule has 0 heterocycles. The maximum atomic E-state index is 9.75. The second-order valence-corrected chi connectivity index (χ2v) is 2.22. The van der Waals surface area contributed by atoms with Crippen LogP contribution >= 0.6 is 15.9 Å². The van der Waals surface area contributed by atoms with E-state index >= 15 is 0 Å². The molecular weight excluding hydrogens is 170 g/mol. The lowest BCUT2D eigenvalue weighted by molar-refractivity contribution is -0.107. The summed E-state index contributed by atoms with van der Waals surface area (Å²) in [6.45, 7) is 0. The van der Waals surface area contributed by atoms with Crippen LogP contribution in [0.1, 0.15) is 12.8 Å². The Morgan fingerprint density at radius 3 is 2.88 bits per heavy atom. The molecule has 0 fully saturated rings. The molecule has 8 heavy (non-hydrogen) atoms. The minimum absolute atomic E-state index is 0.553. The number of rotatable bonds is 3.